The minimum atomic E-state index is -0.208. The average Bonchev–Trinajstić information content (AvgIpc) is 3.06. The first-order valence-corrected chi connectivity index (χ1v) is 10.2. The summed E-state index contributed by atoms with van der Waals surface area (Å²) in [6.45, 7) is 0. The zero-order valence-electron chi connectivity index (χ0n) is 15.9. The third-order valence-electron chi connectivity index (χ3n) is 4.71. The number of amides is 1. The van der Waals surface area contributed by atoms with E-state index in [2.05, 4.69) is 0 Å². The van der Waals surface area contributed by atoms with E-state index in [4.69, 9.17) is 39.5 Å². The Labute approximate surface area is 189 Å². The highest BCUT2D eigenvalue weighted by Gasteiger charge is 2.32. The summed E-state index contributed by atoms with van der Waals surface area (Å²) in [4.78, 5) is 15.1. The van der Waals surface area contributed by atoms with E-state index in [1.165, 1.54) is 0 Å². The number of anilines is 1. The fourth-order valence-electron chi connectivity index (χ4n) is 3.30. The van der Waals surface area contributed by atoms with Gasteiger partial charge < -0.3 is 4.74 Å². The molecular weight excluding hydrogens is 441 g/mol. The van der Waals surface area contributed by atoms with Crippen LogP contribution in [0.2, 0.25) is 15.1 Å². The Morgan fingerprint density at radius 3 is 2.30 bits per heavy atom. The highest BCUT2D eigenvalue weighted by molar-refractivity contribution is 6.36. The molecule has 4 rings (SSSR count). The second kappa shape index (κ2) is 8.57. The van der Waals surface area contributed by atoms with Crippen LogP contribution in [0.25, 0.3) is 11.8 Å². The number of halogens is 3. The summed E-state index contributed by atoms with van der Waals surface area (Å²) in [7, 11) is 1.56. The van der Waals surface area contributed by atoms with Gasteiger partial charge in [-0.3, -0.25) is 9.69 Å². The molecule has 30 heavy (non-hydrogen) atoms. The van der Waals surface area contributed by atoms with Crippen molar-refractivity contribution in [1.29, 1.82) is 0 Å². The molecule has 150 valence electrons. The third-order valence-corrected chi connectivity index (χ3v) is 5.51. The summed E-state index contributed by atoms with van der Waals surface area (Å²) >= 11 is 18.6. The van der Waals surface area contributed by atoms with E-state index in [-0.39, 0.29) is 5.91 Å². The van der Waals surface area contributed by atoms with Gasteiger partial charge in [0.25, 0.3) is 5.91 Å². The summed E-state index contributed by atoms with van der Waals surface area (Å²) in [5.41, 5.74) is 3.36. The zero-order chi connectivity index (χ0) is 21.3. The van der Waals surface area contributed by atoms with Gasteiger partial charge in [-0.15, -0.1) is 0 Å². The number of ether oxygens (including phenoxy) is 1. The molecule has 0 bridgehead atoms. The first-order valence-electron chi connectivity index (χ1n) is 9.10. The van der Waals surface area contributed by atoms with Crippen LogP contribution in [0, 0.1) is 0 Å². The van der Waals surface area contributed by atoms with Crippen LogP contribution in [0.1, 0.15) is 11.1 Å². The lowest BCUT2D eigenvalue weighted by Crippen LogP contribution is -2.25. The minimum Gasteiger partial charge on any atom is -0.495 e. The third kappa shape index (κ3) is 3.97. The Hall–Kier alpha value is -2.72. The van der Waals surface area contributed by atoms with Gasteiger partial charge in [0.15, 0.2) is 0 Å². The average molecular weight is 457 g/mol. The number of rotatable bonds is 4. The largest absolute Gasteiger partial charge is 0.495 e. The van der Waals surface area contributed by atoms with Gasteiger partial charge in [0, 0.05) is 20.6 Å². The van der Waals surface area contributed by atoms with Crippen molar-refractivity contribution < 1.29 is 9.53 Å². The highest BCUT2D eigenvalue weighted by atomic mass is 35.5. The van der Waals surface area contributed by atoms with Gasteiger partial charge in [-0.05, 0) is 53.6 Å². The van der Waals surface area contributed by atoms with Crippen molar-refractivity contribution in [3.05, 3.63) is 105 Å². The topological polar surface area (TPSA) is 29.5 Å². The maximum atomic E-state index is 13.5. The van der Waals surface area contributed by atoms with Crippen molar-refractivity contribution in [2.24, 2.45) is 0 Å². The van der Waals surface area contributed by atoms with Crippen LogP contribution in [-0.4, -0.2) is 13.0 Å². The van der Waals surface area contributed by atoms with E-state index in [1.807, 2.05) is 36.4 Å². The monoisotopic (exact) mass is 455 g/mol. The molecule has 3 aromatic carbocycles. The van der Waals surface area contributed by atoms with E-state index in [1.54, 1.807) is 54.5 Å². The van der Waals surface area contributed by atoms with Crippen LogP contribution in [0.5, 0.6) is 5.75 Å². The molecule has 0 spiro atoms. The Bertz CT molecular complexity index is 1190. The smallest absolute Gasteiger partial charge is 0.263 e. The molecule has 0 N–H and O–H groups in total. The quantitative estimate of drug-likeness (QED) is 0.391. The van der Waals surface area contributed by atoms with Crippen molar-refractivity contribution in [2.45, 2.75) is 0 Å². The number of carbonyl (C=O) groups excluding carboxylic acids is 1. The van der Waals surface area contributed by atoms with Crippen molar-refractivity contribution >= 4 is 58.2 Å². The lowest BCUT2D eigenvalue weighted by atomic mass is 10.1. The van der Waals surface area contributed by atoms with E-state index >= 15 is 0 Å². The highest BCUT2D eigenvalue weighted by Crippen LogP contribution is 2.41. The summed E-state index contributed by atoms with van der Waals surface area (Å²) in [6, 6.07) is 20.0. The number of benzene rings is 3. The number of nitrogens with zero attached hydrogens (tertiary/aromatic N) is 1. The second-order valence-corrected chi connectivity index (χ2v) is 7.90. The van der Waals surface area contributed by atoms with Crippen molar-refractivity contribution in [1.82, 2.24) is 0 Å². The van der Waals surface area contributed by atoms with Crippen molar-refractivity contribution in [3.8, 4) is 5.75 Å². The molecule has 1 amide bonds. The summed E-state index contributed by atoms with van der Waals surface area (Å²) in [5.74, 6) is 0.334. The van der Waals surface area contributed by atoms with Gasteiger partial charge in [0.05, 0.1) is 18.5 Å². The molecule has 0 aromatic heterocycles. The number of hydrogen-bond acceptors (Lipinski definition) is 2. The van der Waals surface area contributed by atoms with Crippen molar-refractivity contribution in [2.75, 3.05) is 12.0 Å². The van der Waals surface area contributed by atoms with Crippen LogP contribution in [-0.2, 0) is 4.79 Å². The molecule has 0 saturated carbocycles. The first kappa shape index (κ1) is 20.5. The molecule has 0 aliphatic carbocycles. The van der Waals surface area contributed by atoms with Crippen LogP contribution >= 0.6 is 34.8 Å². The fourth-order valence-corrected chi connectivity index (χ4v) is 3.93. The zero-order valence-corrected chi connectivity index (χ0v) is 18.2. The SMILES string of the molecule is COc1ccc(Cl)cc1N1C(=O)/C(=C/c2ccc(Cl)cc2Cl)C=C1c1ccccc1. The predicted octanol–water partition coefficient (Wildman–Crippen LogP) is 7.13. The standard InChI is InChI=1S/C24H16Cl3NO2/c1-30-23-10-9-19(26)14-22(23)28-21(15-5-3-2-4-6-15)12-17(24(28)29)11-16-7-8-18(25)13-20(16)27/h2-14H,1H3/b17-11+. The molecule has 1 aliphatic heterocycles. The van der Waals surface area contributed by atoms with Gasteiger partial charge in [-0.1, -0.05) is 71.2 Å². The van der Waals surface area contributed by atoms with Crippen molar-refractivity contribution in [3.63, 3.8) is 0 Å². The molecule has 0 saturated heterocycles. The summed E-state index contributed by atoms with van der Waals surface area (Å²) < 4.78 is 5.50. The normalized spacial score (nSPS) is 14.9. The molecule has 0 radical (unpaired) electrons. The number of carbonyl (C=O) groups is 1. The van der Waals surface area contributed by atoms with Gasteiger partial charge >= 0.3 is 0 Å². The molecule has 6 heteroatoms. The first-order chi connectivity index (χ1) is 14.5. The number of hydrogen-bond donors (Lipinski definition) is 0. The number of methoxy groups -OCH3 is 1. The van der Waals surface area contributed by atoms with E-state index in [0.717, 1.165) is 11.3 Å². The molecule has 0 fully saturated rings. The van der Waals surface area contributed by atoms with E-state index < -0.39 is 0 Å². The molecule has 3 nitrogen and oxygen atoms in total. The van der Waals surface area contributed by atoms with E-state index in [0.29, 0.717) is 37.6 Å². The lowest BCUT2D eigenvalue weighted by Gasteiger charge is -2.23. The Morgan fingerprint density at radius 2 is 1.60 bits per heavy atom. The molecule has 1 heterocycles. The molecule has 0 unspecified atom stereocenters. The van der Waals surface area contributed by atoms with E-state index in [9.17, 15) is 4.79 Å². The van der Waals surface area contributed by atoms with Crippen LogP contribution in [0.3, 0.4) is 0 Å². The lowest BCUT2D eigenvalue weighted by molar-refractivity contribution is -0.113. The van der Waals surface area contributed by atoms with Crippen LogP contribution in [0.4, 0.5) is 5.69 Å². The Morgan fingerprint density at radius 1 is 0.900 bits per heavy atom. The summed E-state index contributed by atoms with van der Waals surface area (Å²) in [5, 5.41) is 1.51. The molecular formula is C24H16Cl3NO2. The van der Waals surface area contributed by atoms with Gasteiger partial charge in [0.1, 0.15) is 5.75 Å². The van der Waals surface area contributed by atoms with Gasteiger partial charge in [-0.2, -0.15) is 0 Å². The summed E-state index contributed by atoms with van der Waals surface area (Å²) in [6.07, 6.45) is 3.59. The maximum Gasteiger partial charge on any atom is 0.263 e. The molecule has 1 aliphatic rings. The molecule has 3 aromatic rings. The van der Waals surface area contributed by atoms with Crippen LogP contribution < -0.4 is 9.64 Å². The minimum absolute atomic E-state index is 0.208. The van der Waals surface area contributed by atoms with Crippen LogP contribution in [0.15, 0.2) is 78.4 Å². The molecule has 0 atom stereocenters. The second-order valence-electron chi connectivity index (χ2n) is 6.62. The van der Waals surface area contributed by atoms with Gasteiger partial charge in [0.2, 0.25) is 0 Å². The Balaban J connectivity index is 1.88. The maximum absolute atomic E-state index is 13.5. The fraction of sp³-hybridized carbons (Fsp3) is 0.0417. The predicted molar refractivity (Wildman–Crippen MR) is 124 cm³/mol. The Kier molecular flexibility index (Phi) is 5.87. The van der Waals surface area contributed by atoms with Gasteiger partial charge in [-0.25, -0.2) is 0 Å².